The fourth-order valence-corrected chi connectivity index (χ4v) is 2.32. The summed E-state index contributed by atoms with van der Waals surface area (Å²) in [5, 5.41) is 9.11. The Kier molecular flexibility index (Phi) is 3.69. The average Bonchev–Trinajstić information content (AvgIpc) is 2.81. The van der Waals surface area contributed by atoms with Crippen LogP contribution in [0.15, 0.2) is 24.3 Å². The van der Waals surface area contributed by atoms with Crippen LogP contribution in [-0.4, -0.2) is 35.0 Å². The van der Waals surface area contributed by atoms with E-state index < -0.39 is 29.0 Å². The molecule has 1 aliphatic heterocycles. The molecule has 0 radical (unpaired) electrons. The third-order valence-corrected chi connectivity index (χ3v) is 3.71. The number of likely N-dealkylation sites (tertiary alicyclic amines) is 1. The highest BCUT2D eigenvalue weighted by Gasteiger charge is 2.42. The number of halogens is 3. The molecule has 1 fully saturated rings. The molecule has 2 rings (SSSR count). The van der Waals surface area contributed by atoms with Gasteiger partial charge in [0.1, 0.15) is 0 Å². The van der Waals surface area contributed by atoms with E-state index in [0.29, 0.717) is 0 Å². The topological polar surface area (TPSA) is 57.6 Å². The van der Waals surface area contributed by atoms with E-state index in [1.165, 1.54) is 24.0 Å². The molecule has 1 heterocycles. The number of alkyl halides is 3. The third-order valence-electron chi connectivity index (χ3n) is 3.71. The molecule has 1 saturated heterocycles. The maximum absolute atomic E-state index is 12.6. The highest BCUT2D eigenvalue weighted by Crippen LogP contribution is 2.32. The quantitative estimate of drug-likeness (QED) is 0.913. The fourth-order valence-electron chi connectivity index (χ4n) is 2.32. The lowest BCUT2D eigenvalue weighted by Gasteiger charge is -2.20. The lowest BCUT2D eigenvalue weighted by Crippen LogP contribution is -2.34. The predicted molar refractivity (Wildman–Crippen MR) is 67.7 cm³/mol. The van der Waals surface area contributed by atoms with Crippen molar-refractivity contribution in [3.63, 3.8) is 0 Å². The molecular weight excluding hydrogens is 287 g/mol. The van der Waals surface area contributed by atoms with Crippen molar-refractivity contribution in [2.24, 2.45) is 5.41 Å². The maximum Gasteiger partial charge on any atom is 0.416 e. The number of carbonyl (C=O) groups is 2. The van der Waals surface area contributed by atoms with Crippen LogP contribution in [0.3, 0.4) is 0 Å². The van der Waals surface area contributed by atoms with Gasteiger partial charge in [-0.3, -0.25) is 9.59 Å². The van der Waals surface area contributed by atoms with Crippen LogP contribution in [0.1, 0.15) is 29.3 Å². The number of amides is 1. The van der Waals surface area contributed by atoms with E-state index in [1.807, 2.05) is 0 Å². The van der Waals surface area contributed by atoms with Gasteiger partial charge in [-0.15, -0.1) is 0 Å². The van der Waals surface area contributed by atoms with Crippen LogP contribution in [0.4, 0.5) is 13.2 Å². The maximum atomic E-state index is 12.6. The Labute approximate surface area is 119 Å². The molecule has 1 aliphatic rings. The van der Waals surface area contributed by atoms with Crippen molar-refractivity contribution in [1.29, 1.82) is 0 Å². The van der Waals surface area contributed by atoms with Crippen molar-refractivity contribution in [1.82, 2.24) is 4.90 Å². The molecule has 4 nitrogen and oxygen atoms in total. The largest absolute Gasteiger partial charge is 0.481 e. The van der Waals surface area contributed by atoms with Crippen LogP contribution in [0.5, 0.6) is 0 Å². The minimum Gasteiger partial charge on any atom is -0.481 e. The zero-order valence-electron chi connectivity index (χ0n) is 11.3. The molecule has 0 aliphatic carbocycles. The molecule has 1 aromatic rings. The smallest absolute Gasteiger partial charge is 0.416 e. The first kappa shape index (κ1) is 15.3. The number of rotatable bonds is 2. The summed E-state index contributed by atoms with van der Waals surface area (Å²) in [5.41, 5.74) is -2.02. The van der Waals surface area contributed by atoms with Gasteiger partial charge in [0.25, 0.3) is 5.91 Å². The van der Waals surface area contributed by atoms with Crippen molar-refractivity contribution in [2.45, 2.75) is 19.5 Å². The van der Waals surface area contributed by atoms with E-state index in [-0.39, 0.29) is 25.1 Å². The minimum absolute atomic E-state index is 0.00257. The molecular formula is C14H14F3NO3. The summed E-state index contributed by atoms with van der Waals surface area (Å²) in [4.78, 5) is 24.6. The Hall–Kier alpha value is -2.05. The van der Waals surface area contributed by atoms with Crippen molar-refractivity contribution >= 4 is 11.9 Å². The molecule has 1 atom stereocenters. The summed E-state index contributed by atoms with van der Waals surface area (Å²) in [6, 6.07) is 4.15. The molecule has 0 bridgehead atoms. The van der Waals surface area contributed by atoms with Gasteiger partial charge >= 0.3 is 12.1 Å². The number of hydrogen-bond donors (Lipinski definition) is 1. The summed E-state index contributed by atoms with van der Waals surface area (Å²) >= 11 is 0. The number of hydrogen-bond acceptors (Lipinski definition) is 2. The van der Waals surface area contributed by atoms with Crippen LogP contribution in [0.25, 0.3) is 0 Å². The second-order valence-corrected chi connectivity index (χ2v) is 5.42. The molecule has 0 unspecified atom stereocenters. The standard InChI is InChI=1S/C14H14F3NO3/c1-13(12(20)21)5-6-18(8-13)11(19)9-3-2-4-10(7-9)14(15,16)17/h2-4,7H,5-6,8H2,1H3,(H,20,21)/t13-/m1/s1. The third kappa shape index (κ3) is 3.01. The van der Waals surface area contributed by atoms with E-state index in [2.05, 4.69) is 0 Å². The van der Waals surface area contributed by atoms with Gasteiger partial charge in [-0.05, 0) is 31.5 Å². The molecule has 1 amide bonds. The van der Waals surface area contributed by atoms with Gasteiger partial charge in [0.2, 0.25) is 0 Å². The van der Waals surface area contributed by atoms with Crippen LogP contribution in [0, 0.1) is 5.41 Å². The van der Waals surface area contributed by atoms with Crippen molar-refractivity contribution < 1.29 is 27.9 Å². The molecule has 7 heteroatoms. The Morgan fingerprint density at radius 2 is 2.00 bits per heavy atom. The van der Waals surface area contributed by atoms with Gasteiger partial charge in [-0.2, -0.15) is 13.2 Å². The number of carbonyl (C=O) groups excluding carboxylic acids is 1. The van der Waals surface area contributed by atoms with E-state index in [0.717, 1.165) is 12.1 Å². The summed E-state index contributed by atoms with van der Waals surface area (Å²) in [6.45, 7) is 1.74. The molecule has 0 saturated carbocycles. The van der Waals surface area contributed by atoms with Crippen molar-refractivity contribution in [3.05, 3.63) is 35.4 Å². The molecule has 1 N–H and O–H groups in total. The number of aliphatic carboxylic acids is 1. The first-order valence-corrected chi connectivity index (χ1v) is 6.33. The molecule has 21 heavy (non-hydrogen) atoms. The average molecular weight is 301 g/mol. The Balaban J connectivity index is 2.21. The number of carboxylic acids is 1. The fraction of sp³-hybridized carbons (Fsp3) is 0.429. The minimum atomic E-state index is -4.52. The number of benzene rings is 1. The zero-order valence-corrected chi connectivity index (χ0v) is 11.3. The van der Waals surface area contributed by atoms with Crippen molar-refractivity contribution in [3.8, 4) is 0 Å². The van der Waals surface area contributed by atoms with Crippen LogP contribution < -0.4 is 0 Å². The van der Waals surface area contributed by atoms with Crippen LogP contribution in [-0.2, 0) is 11.0 Å². The van der Waals surface area contributed by atoms with E-state index in [9.17, 15) is 22.8 Å². The highest BCUT2D eigenvalue weighted by atomic mass is 19.4. The lowest BCUT2D eigenvalue weighted by molar-refractivity contribution is -0.147. The van der Waals surface area contributed by atoms with Crippen LogP contribution in [0.2, 0.25) is 0 Å². The first-order chi connectivity index (χ1) is 9.63. The first-order valence-electron chi connectivity index (χ1n) is 6.33. The summed E-state index contributed by atoms with van der Waals surface area (Å²) in [7, 11) is 0. The molecule has 0 spiro atoms. The van der Waals surface area contributed by atoms with Crippen LogP contribution >= 0.6 is 0 Å². The molecule has 0 aromatic heterocycles. The Morgan fingerprint density at radius 3 is 2.52 bits per heavy atom. The van der Waals surface area contributed by atoms with Gasteiger partial charge in [0, 0.05) is 18.7 Å². The van der Waals surface area contributed by atoms with Gasteiger partial charge in [0.05, 0.1) is 11.0 Å². The molecule has 1 aromatic carbocycles. The summed E-state index contributed by atoms with van der Waals surface area (Å²) in [5.74, 6) is -1.59. The van der Waals surface area contributed by atoms with Gasteiger partial charge in [-0.1, -0.05) is 6.07 Å². The second kappa shape index (κ2) is 5.05. The Morgan fingerprint density at radius 1 is 1.33 bits per heavy atom. The van der Waals surface area contributed by atoms with E-state index in [4.69, 9.17) is 5.11 Å². The highest BCUT2D eigenvalue weighted by molar-refractivity contribution is 5.95. The molecule has 114 valence electrons. The lowest BCUT2D eigenvalue weighted by atomic mass is 9.90. The van der Waals surface area contributed by atoms with E-state index >= 15 is 0 Å². The summed E-state index contributed by atoms with van der Waals surface area (Å²) in [6.07, 6.45) is -4.23. The SMILES string of the molecule is C[C@@]1(C(=O)O)CCN(C(=O)c2cccc(C(F)(F)F)c2)C1. The van der Waals surface area contributed by atoms with Gasteiger partial charge < -0.3 is 10.0 Å². The Bertz CT molecular complexity index is 585. The van der Waals surface area contributed by atoms with E-state index in [1.54, 1.807) is 0 Å². The normalized spacial score (nSPS) is 22.4. The van der Waals surface area contributed by atoms with Gasteiger partial charge in [0.15, 0.2) is 0 Å². The number of carboxylic acid groups (broad SMARTS) is 1. The van der Waals surface area contributed by atoms with Gasteiger partial charge in [-0.25, -0.2) is 0 Å². The number of nitrogens with zero attached hydrogens (tertiary/aromatic N) is 1. The summed E-state index contributed by atoms with van der Waals surface area (Å²) < 4.78 is 37.9. The monoisotopic (exact) mass is 301 g/mol. The second-order valence-electron chi connectivity index (χ2n) is 5.42. The predicted octanol–water partition coefficient (Wildman–Crippen LogP) is 2.64. The zero-order chi connectivity index (χ0) is 15.8. The van der Waals surface area contributed by atoms with Crippen molar-refractivity contribution in [2.75, 3.05) is 13.1 Å².